The van der Waals surface area contributed by atoms with Crippen molar-refractivity contribution in [3.63, 3.8) is 0 Å². The minimum Gasteiger partial charge on any atom is -0.380 e. The van der Waals surface area contributed by atoms with E-state index in [1.54, 1.807) is 0 Å². The number of ether oxygens (including phenoxy) is 1. The summed E-state index contributed by atoms with van der Waals surface area (Å²) >= 11 is 0. The summed E-state index contributed by atoms with van der Waals surface area (Å²) in [5.41, 5.74) is 0.436. The second-order valence-electron chi connectivity index (χ2n) is 5.92. The van der Waals surface area contributed by atoms with E-state index < -0.39 is 0 Å². The summed E-state index contributed by atoms with van der Waals surface area (Å²) in [7, 11) is 0. The van der Waals surface area contributed by atoms with E-state index in [0.717, 1.165) is 32.2 Å². The van der Waals surface area contributed by atoms with Gasteiger partial charge in [0.2, 0.25) is 0 Å². The average molecular weight is 226 g/mol. The molecule has 1 N–H and O–H groups in total. The van der Waals surface area contributed by atoms with Gasteiger partial charge in [0.05, 0.1) is 13.2 Å². The number of nitrogens with one attached hydrogen (secondary N) is 1. The molecule has 0 aromatic rings. The first kappa shape index (κ1) is 12.3. The van der Waals surface area contributed by atoms with Crippen molar-refractivity contribution in [3.8, 4) is 0 Å². The van der Waals surface area contributed by atoms with E-state index in [0.29, 0.717) is 11.5 Å². The molecule has 0 spiro atoms. The van der Waals surface area contributed by atoms with Gasteiger partial charge in [-0.3, -0.25) is 4.90 Å². The van der Waals surface area contributed by atoms with E-state index in [-0.39, 0.29) is 0 Å². The zero-order chi connectivity index (χ0) is 11.6. The van der Waals surface area contributed by atoms with Crippen molar-refractivity contribution in [2.75, 3.05) is 39.4 Å². The predicted molar refractivity (Wildman–Crippen MR) is 66.6 cm³/mol. The van der Waals surface area contributed by atoms with Gasteiger partial charge in [0.1, 0.15) is 0 Å². The fraction of sp³-hybridized carbons (Fsp3) is 1.00. The molecule has 3 heteroatoms. The van der Waals surface area contributed by atoms with Crippen LogP contribution in [-0.4, -0.2) is 50.3 Å². The summed E-state index contributed by atoms with van der Waals surface area (Å²) in [5, 5.41) is 3.42. The Kier molecular flexibility index (Phi) is 3.88. The van der Waals surface area contributed by atoms with Gasteiger partial charge in [-0.1, -0.05) is 13.8 Å². The van der Waals surface area contributed by atoms with Crippen molar-refractivity contribution in [2.24, 2.45) is 11.3 Å². The highest BCUT2D eigenvalue weighted by atomic mass is 16.5. The van der Waals surface area contributed by atoms with Crippen LogP contribution in [0.5, 0.6) is 0 Å². The molecular formula is C13H26N2O. The largest absolute Gasteiger partial charge is 0.380 e. The molecule has 16 heavy (non-hydrogen) atoms. The van der Waals surface area contributed by atoms with Gasteiger partial charge < -0.3 is 10.1 Å². The highest BCUT2D eigenvalue weighted by Gasteiger charge is 2.45. The summed E-state index contributed by atoms with van der Waals surface area (Å²) in [6.45, 7) is 13.7. The zero-order valence-electron chi connectivity index (χ0n) is 11.0. The minimum absolute atomic E-state index is 0.436. The average Bonchev–Trinajstić information content (AvgIpc) is 2.23. The van der Waals surface area contributed by atoms with E-state index >= 15 is 0 Å². The van der Waals surface area contributed by atoms with Crippen molar-refractivity contribution in [3.05, 3.63) is 0 Å². The molecule has 2 aliphatic rings. The van der Waals surface area contributed by atoms with Crippen LogP contribution in [0.1, 0.15) is 27.2 Å². The summed E-state index contributed by atoms with van der Waals surface area (Å²) in [5.74, 6) is 0.772. The van der Waals surface area contributed by atoms with Crippen LogP contribution in [0.15, 0.2) is 0 Å². The Morgan fingerprint density at radius 1 is 1.19 bits per heavy atom. The van der Waals surface area contributed by atoms with Crippen LogP contribution < -0.4 is 5.32 Å². The molecule has 0 bridgehead atoms. The minimum atomic E-state index is 0.436. The molecule has 0 aliphatic carbocycles. The smallest absolute Gasteiger partial charge is 0.0559 e. The molecule has 2 heterocycles. The first-order valence-corrected chi connectivity index (χ1v) is 6.66. The van der Waals surface area contributed by atoms with Crippen LogP contribution in [0.4, 0.5) is 0 Å². The lowest BCUT2D eigenvalue weighted by molar-refractivity contribution is -0.161. The van der Waals surface area contributed by atoms with Gasteiger partial charge in [0.15, 0.2) is 0 Å². The van der Waals surface area contributed by atoms with Crippen molar-refractivity contribution < 1.29 is 4.74 Å². The third-order valence-electron chi connectivity index (χ3n) is 4.18. The molecule has 3 nitrogen and oxygen atoms in total. The number of piperazine rings is 1. The second kappa shape index (κ2) is 5.03. The molecule has 2 aliphatic heterocycles. The van der Waals surface area contributed by atoms with Crippen LogP contribution in [0.2, 0.25) is 0 Å². The number of rotatable bonds is 4. The van der Waals surface area contributed by atoms with Gasteiger partial charge in [-0.15, -0.1) is 0 Å². The van der Waals surface area contributed by atoms with Gasteiger partial charge >= 0.3 is 0 Å². The maximum Gasteiger partial charge on any atom is 0.0559 e. The quantitative estimate of drug-likeness (QED) is 0.783. The number of nitrogens with zero attached hydrogens (tertiary/aromatic N) is 1. The lowest BCUT2D eigenvalue weighted by atomic mass is 9.72. The van der Waals surface area contributed by atoms with Crippen molar-refractivity contribution >= 4 is 0 Å². The Hall–Kier alpha value is -0.120. The normalized spacial score (nSPS) is 27.8. The third kappa shape index (κ3) is 2.41. The fourth-order valence-electron chi connectivity index (χ4n) is 3.16. The van der Waals surface area contributed by atoms with Gasteiger partial charge in [-0.2, -0.15) is 0 Å². The van der Waals surface area contributed by atoms with E-state index in [9.17, 15) is 0 Å². The standard InChI is InChI=1S/C13H26N2O/c1-11(2)8-13(9-16-10-13)12(3)15-6-4-14-5-7-15/h11-12,14H,4-10H2,1-3H3. The Morgan fingerprint density at radius 2 is 1.81 bits per heavy atom. The molecule has 2 rings (SSSR count). The van der Waals surface area contributed by atoms with E-state index in [2.05, 4.69) is 31.0 Å². The second-order valence-corrected chi connectivity index (χ2v) is 5.92. The molecule has 0 aromatic carbocycles. The van der Waals surface area contributed by atoms with Crippen LogP contribution in [0.25, 0.3) is 0 Å². The zero-order valence-corrected chi connectivity index (χ0v) is 11.0. The van der Waals surface area contributed by atoms with Crippen LogP contribution in [0, 0.1) is 11.3 Å². The topological polar surface area (TPSA) is 24.5 Å². The molecule has 2 saturated heterocycles. The SMILES string of the molecule is CC(C)CC1(C(C)N2CCNCC2)COC1. The van der Waals surface area contributed by atoms with Gasteiger partial charge in [0.25, 0.3) is 0 Å². The molecule has 94 valence electrons. The summed E-state index contributed by atoms with van der Waals surface area (Å²) in [6.07, 6.45) is 1.30. The molecule has 1 atom stereocenters. The Morgan fingerprint density at radius 3 is 2.25 bits per heavy atom. The lowest BCUT2D eigenvalue weighted by Gasteiger charge is -2.51. The first-order valence-electron chi connectivity index (χ1n) is 6.66. The van der Waals surface area contributed by atoms with Crippen LogP contribution in [-0.2, 0) is 4.74 Å². The van der Waals surface area contributed by atoms with Crippen molar-refractivity contribution in [2.45, 2.75) is 33.2 Å². The molecule has 0 radical (unpaired) electrons. The molecule has 0 amide bonds. The van der Waals surface area contributed by atoms with Crippen molar-refractivity contribution in [1.82, 2.24) is 10.2 Å². The molecule has 0 aromatic heterocycles. The predicted octanol–water partition coefficient (Wildman–Crippen LogP) is 1.34. The fourth-order valence-corrected chi connectivity index (χ4v) is 3.16. The Bertz CT molecular complexity index is 220. The van der Waals surface area contributed by atoms with E-state index in [1.165, 1.54) is 19.5 Å². The lowest BCUT2D eigenvalue weighted by Crippen LogP contribution is -2.60. The maximum absolute atomic E-state index is 5.51. The highest BCUT2D eigenvalue weighted by Crippen LogP contribution is 2.40. The monoisotopic (exact) mass is 226 g/mol. The molecular weight excluding hydrogens is 200 g/mol. The summed E-state index contributed by atoms with van der Waals surface area (Å²) in [4.78, 5) is 2.64. The molecule has 2 fully saturated rings. The molecule has 1 unspecified atom stereocenters. The van der Waals surface area contributed by atoms with Crippen molar-refractivity contribution in [1.29, 1.82) is 0 Å². The maximum atomic E-state index is 5.51. The van der Waals surface area contributed by atoms with Gasteiger partial charge in [-0.05, 0) is 19.3 Å². The first-order chi connectivity index (χ1) is 7.64. The third-order valence-corrected chi connectivity index (χ3v) is 4.18. The van der Waals surface area contributed by atoms with E-state index in [1.807, 2.05) is 0 Å². The van der Waals surface area contributed by atoms with Crippen LogP contribution in [0.3, 0.4) is 0 Å². The highest BCUT2D eigenvalue weighted by molar-refractivity contribution is 4.96. The van der Waals surface area contributed by atoms with Gasteiger partial charge in [0, 0.05) is 37.6 Å². The summed E-state index contributed by atoms with van der Waals surface area (Å²) < 4.78 is 5.51. The van der Waals surface area contributed by atoms with E-state index in [4.69, 9.17) is 4.74 Å². The summed E-state index contributed by atoms with van der Waals surface area (Å²) in [6, 6.07) is 0.672. The molecule has 0 saturated carbocycles. The number of hydrogen-bond donors (Lipinski definition) is 1. The number of hydrogen-bond acceptors (Lipinski definition) is 3. The Balaban J connectivity index is 1.96. The van der Waals surface area contributed by atoms with Gasteiger partial charge in [-0.25, -0.2) is 0 Å². The van der Waals surface area contributed by atoms with Crippen LogP contribution >= 0.6 is 0 Å². The Labute approximate surface area is 99.5 Å².